The average molecular weight is 276 g/mol. The van der Waals surface area contributed by atoms with Crippen LogP contribution in [0.2, 0.25) is 0 Å². The molecule has 0 aliphatic carbocycles. The highest BCUT2D eigenvalue weighted by Crippen LogP contribution is 2.24. The quantitative estimate of drug-likeness (QED) is 0.789. The zero-order valence-corrected chi connectivity index (χ0v) is 11.1. The number of carboxylic acid groups (broad SMARTS) is 1. The van der Waals surface area contributed by atoms with Crippen molar-refractivity contribution in [1.29, 1.82) is 0 Å². The van der Waals surface area contributed by atoms with Crippen LogP contribution >= 0.6 is 0 Å². The number of rotatable bonds is 4. The van der Waals surface area contributed by atoms with E-state index in [-0.39, 0.29) is 24.7 Å². The molecule has 2 amide bonds. The lowest BCUT2D eigenvalue weighted by Gasteiger charge is -2.24. The molecule has 1 aromatic carbocycles. The molecule has 6 nitrogen and oxygen atoms in total. The van der Waals surface area contributed by atoms with Crippen molar-refractivity contribution in [2.24, 2.45) is 5.73 Å². The van der Waals surface area contributed by atoms with Gasteiger partial charge in [0.25, 0.3) is 5.91 Å². The molecule has 1 aliphatic heterocycles. The lowest BCUT2D eigenvalue weighted by atomic mass is 9.93. The van der Waals surface area contributed by atoms with Gasteiger partial charge in [-0.15, -0.1) is 0 Å². The third kappa shape index (κ3) is 2.70. The Morgan fingerprint density at radius 3 is 2.80 bits per heavy atom. The van der Waals surface area contributed by atoms with Gasteiger partial charge in [0, 0.05) is 25.1 Å². The molecule has 1 unspecified atom stereocenters. The number of amides is 2. The maximum atomic E-state index is 12.0. The molecule has 6 heteroatoms. The van der Waals surface area contributed by atoms with E-state index in [2.05, 4.69) is 0 Å². The zero-order valence-electron chi connectivity index (χ0n) is 11.1. The van der Waals surface area contributed by atoms with Gasteiger partial charge in [0.1, 0.15) is 0 Å². The second-order valence-electron chi connectivity index (χ2n) is 4.89. The molecule has 1 aliphatic rings. The second-order valence-corrected chi connectivity index (χ2v) is 4.89. The molecule has 3 N–H and O–H groups in total. The minimum Gasteiger partial charge on any atom is -0.481 e. The van der Waals surface area contributed by atoms with Crippen molar-refractivity contribution in [3.63, 3.8) is 0 Å². The largest absolute Gasteiger partial charge is 0.481 e. The van der Waals surface area contributed by atoms with Crippen LogP contribution in [0.25, 0.3) is 0 Å². The van der Waals surface area contributed by atoms with Crippen molar-refractivity contribution >= 4 is 17.8 Å². The van der Waals surface area contributed by atoms with Crippen LogP contribution in [0.4, 0.5) is 0 Å². The number of benzene rings is 1. The van der Waals surface area contributed by atoms with Gasteiger partial charge in [-0.1, -0.05) is 12.1 Å². The summed E-state index contributed by atoms with van der Waals surface area (Å²) in [6.45, 7) is 0. The Morgan fingerprint density at radius 1 is 1.45 bits per heavy atom. The van der Waals surface area contributed by atoms with E-state index >= 15 is 0 Å². The summed E-state index contributed by atoms with van der Waals surface area (Å²) in [7, 11) is 1.45. The first kappa shape index (κ1) is 14.2. The normalized spacial score (nSPS) is 16.0. The van der Waals surface area contributed by atoms with Crippen LogP contribution in [0.3, 0.4) is 0 Å². The van der Waals surface area contributed by atoms with Crippen molar-refractivity contribution < 1.29 is 19.5 Å². The molecule has 0 aromatic heterocycles. The van der Waals surface area contributed by atoms with Gasteiger partial charge >= 0.3 is 5.97 Å². The van der Waals surface area contributed by atoms with E-state index in [4.69, 9.17) is 10.8 Å². The number of carboxylic acids is 1. The molecule has 0 fully saturated rings. The third-order valence-corrected chi connectivity index (χ3v) is 3.48. The summed E-state index contributed by atoms with van der Waals surface area (Å²) in [6, 6.07) is 4.69. The van der Waals surface area contributed by atoms with Crippen LogP contribution in [0.15, 0.2) is 18.2 Å². The number of nitrogens with two attached hydrogens (primary N) is 1. The van der Waals surface area contributed by atoms with Crippen LogP contribution in [-0.2, 0) is 16.0 Å². The molecular weight excluding hydrogens is 260 g/mol. The highest BCUT2D eigenvalue weighted by Gasteiger charge is 2.28. The summed E-state index contributed by atoms with van der Waals surface area (Å²) in [5.74, 6) is -1.48. The Bertz CT molecular complexity index is 583. The standard InChI is InChI=1S/C14H16N2O4/c1-16-12(17)7-8-2-3-9(6-10(8)14(16)20)11(15)4-5-13(18)19/h2-3,6,11H,4-5,7,15H2,1H3,(H,18,19). The van der Waals surface area contributed by atoms with Crippen molar-refractivity contribution in [3.05, 3.63) is 34.9 Å². The van der Waals surface area contributed by atoms with Gasteiger partial charge < -0.3 is 10.8 Å². The monoisotopic (exact) mass is 276 g/mol. The van der Waals surface area contributed by atoms with Gasteiger partial charge in [-0.05, 0) is 23.6 Å². The SMILES string of the molecule is CN1C(=O)Cc2ccc(C(N)CCC(=O)O)cc2C1=O. The minimum atomic E-state index is -0.903. The maximum absolute atomic E-state index is 12.0. The van der Waals surface area contributed by atoms with Crippen LogP contribution < -0.4 is 5.73 Å². The number of likely N-dealkylation sites (N-methyl/N-ethyl adjacent to an activating group) is 1. The highest BCUT2D eigenvalue weighted by atomic mass is 16.4. The second kappa shape index (κ2) is 5.42. The molecule has 1 aromatic rings. The Morgan fingerprint density at radius 2 is 2.15 bits per heavy atom. The fourth-order valence-electron chi connectivity index (χ4n) is 2.20. The summed E-state index contributed by atoms with van der Waals surface area (Å²) >= 11 is 0. The van der Waals surface area contributed by atoms with Gasteiger partial charge in [-0.3, -0.25) is 19.3 Å². The van der Waals surface area contributed by atoms with Gasteiger partial charge in [0.15, 0.2) is 0 Å². The van der Waals surface area contributed by atoms with Crippen molar-refractivity contribution in [3.8, 4) is 0 Å². The number of hydrogen-bond acceptors (Lipinski definition) is 4. The van der Waals surface area contributed by atoms with E-state index in [0.717, 1.165) is 4.90 Å². The first-order chi connectivity index (χ1) is 9.40. The van der Waals surface area contributed by atoms with Crippen LogP contribution in [0.1, 0.15) is 40.4 Å². The molecule has 0 radical (unpaired) electrons. The van der Waals surface area contributed by atoms with Gasteiger partial charge in [-0.25, -0.2) is 0 Å². The van der Waals surface area contributed by atoms with Crippen LogP contribution in [0.5, 0.6) is 0 Å². The molecule has 106 valence electrons. The number of fused-ring (bicyclic) bond motifs is 1. The fourth-order valence-corrected chi connectivity index (χ4v) is 2.20. The molecule has 0 saturated carbocycles. The Kier molecular flexibility index (Phi) is 3.85. The molecule has 1 atom stereocenters. The summed E-state index contributed by atoms with van der Waals surface area (Å²) in [4.78, 5) is 35.3. The molecular formula is C14H16N2O4. The Labute approximate surface area is 116 Å². The molecule has 2 rings (SSSR count). The van der Waals surface area contributed by atoms with Crippen LogP contribution in [-0.4, -0.2) is 34.8 Å². The predicted molar refractivity (Wildman–Crippen MR) is 71.0 cm³/mol. The third-order valence-electron chi connectivity index (χ3n) is 3.48. The lowest BCUT2D eigenvalue weighted by molar-refractivity contribution is -0.137. The fraction of sp³-hybridized carbons (Fsp3) is 0.357. The molecule has 0 spiro atoms. The number of nitrogens with zero attached hydrogens (tertiary/aromatic N) is 1. The predicted octanol–water partition coefficient (Wildman–Crippen LogP) is 0.706. The summed E-state index contributed by atoms with van der Waals surface area (Å²) < 4.78 is 0. The van der Waals surface area contributed by atoms with Crippen molar-refractivity contribution in [2.75, 3.05) is 7.05 Å². The topological polar surface area (TPSA) is 101 Å². The van der Waals surface area contributed by atoms with E-state index in [0.29, 0.717) is 23.1 Å². The number of imide groups is 1. The van der Waals surface area contributed by atoms with E-state index in [1.807, 2.05) is 0 Å². The van der Waals surface area contributed by atoms with Crippen molar-refractivity contribution in [1.82, 2.24) is 4.90 Å². The van der Waals surface area contributed by atoms with E-state index in [1.54, 1.807) is 18.2 Å². The number of hydrogen-bond donors (Lipinski definition) is 2. The highest BCUT2D eigenvalue weighted by molar-refractivity contribution is 6.09. The maximum Gasteiger partial charge on any atom is 0.303 e. The van der Waals surface area contributed by atoms with Gasteiger partial charge in [0.2, 0.25) is 5.91 Å². The van der Waals surface area contributed by atoms with Crippen molar-refractivity contribution in [2.45, 2.75) is 25.3 Å². The van der Waals surface area contributed by atoms with E-state index in [1.165, 1.54) is 7.05 Å². The number of carbonyl (C=O) groups is 3. The van der Waals surface area contributed by atoms with E-state index < -0.39 is 12.0 Å². The van der Waals surface area contributed by atoms with Crippen LogP contribution in [0, 0.1) is 0 Å². The number of aliphatic carboxylic acids is 1. The first-order valence-corrected chi connectivity index (χ1v) is 6.31. The molecule has 1 heterocycles. The minimum absolute atomic E-state index is 0.0232. The lowest BCUT2D eigenvalue weighted by Crippen LogP contribution is -2.39. The Balaban J connectivity index is 2.25. The summed E-state index contributed by atoms with van der Waals surface area (Å²) in [5, 5.41) is 8.65. The molecule has 0 saturated heterocycles. The smallest absolute Gasteiger partial charge is 0.303 e. The summed E-state index contributed by atoms with van der Waals surface area (Å²) in [6.07, 6.45) is 0.476. The Hall–Kier alpha value is -2.21. The molecule has 20 heavy (non-hydrogen) atoms. The summed E-state index contributed by atoms with van der Waals surface area (Å²) in [5.41, 5.74) is 7.79. The van der Waals surface area contributed by atoms with Gasteiger partial charge in [0.05, 0.1) is 6.42 Å². The number of carbonyl (C=O) groups excluding carboxylic acids is 2. The average Bonchev–Trinajstić information content (AvgIpc) is 2.42. The first-order valence-electron chi connectivity index (χ1n) is 6.31. The van der Waals surface area contributed by atoms with Gasteiger partial charge in [-0.2, -0.15) is 0 Å². The van der Waals surface area contributed by atoms with E-state index in [9.17, 15) is 14.4 Å². The molecule has 0 bridgehead atoms. The zero-order chi connectivity index (χ0) is 14.9.